The highest BCUT2D eigenvalue weighted by Crippen LogP contribution is 2.23. The average Bonchev–Trinajstić information content (AvgIpc) is 3.10. The van der Waals surface area contributed by atoms with Gasteiger partial charge in [0.25, 0.3) is 0 Å². The second-order valence-electron chi connectivity index (χ2n) is 6.76. The SMILES string of the molecule is COc1cccc(CC(C(=O)N2CC(C(=O)O)O[C@H](C)C2)n2nnnc2C)c1. The number of nitrogens with zero attached hydrogens (tertiary/aromatic N) is 5. The monoisotopic (exact) mass is 389 g/mol. The molecule has 10 nitrogen and oxygen atoms in total. The molecule has 0 saturated carbocycles. The second-order valence-corrected chi connectivity index (χ2v) is 6.76. The third-order valence-corrected chi connectivity index (χ3v) is 4.65. The lowest BCUT2D eigenvalue weighted by Crippen LogP contribution is -2.53. The number of methoxy groups -OCH3 is 1. The number of carboxylic acids is 1. The zero-order valence-electron chi connectivity index (χ0n) is 16.0. The van der Waals surface area contributed by atoms with Crippen molar-refractivity contribution in [3.63, 3.8) is 0 Å². The predicted molar refractivity (Wildman–Crippen MR) is 96.8 cm³/mol. The molecule has 1 amide bonds. The van der Waals surface area contributed by atoms with Crippen molar-refractivity contribution in [3.8, 4) is 5.75 Å². The molecule has 1 aromatic heterocycles. The molecule has 1 saturated heterocycles. The number of amides is 1. The van der Waals surface area contributed by atoms with E-state index in [1.165, 1.54) is 9.58 Å². The summed E-state index contributed by atoms with van der Waals surface area (Å²) in [5.74, 6) is -0.160. The van der Waals surface area contributed by atoms with E-state index in [0.29, 0.717) is 24.5 Å². The van der Waals surface area contributed by atoms with E-state index in [2.05, 4.69) is 15.5 Å². The topological polar surface area (TPSA) is 120 Å². The molecule has 0 spiro atoms. The first kappa shape index (κ1) is 19.7. The fourth-order valence-corrected chi connectivity index (χ4v) is 3.31. The van der Waals surface area contributed by atoms with Gasteiger partial charge >= 0.3 is 5.97 Å². The predicted octanol–water partition coefficient (Wildman–Crippen LogP) is 0.474. The lowest BCUT2D eigenvalue weighted by Gasteiger charge is -2.36. The van der Waals surface area contributed by atoms with Crippen molar-refractivity contribution in [2.75, 3.05) is 20.2 Å². The van der Waals surface area contributed by atoms with Crippen LogP contribution in [-0.4, -0.2) is 74.5 Å². The molecule has 3 atom stereocenters. The molecule has 0 bridgehead atoms. The summed E-state index contributed by atoms with van der Waals surface area (Å²) in [5, 5.41) is 20.8. The molecular formula is C18H23N5O5. The fraction of sp³-hybridized carbons (Fsp3) is 0.500. The number of carbonyl (C=O) groups excluding carboxylic acids is 1. The second kappa shape index (κ2) is 8.34. The fourth-order valence-electron chi connectivity index (χ4n) is 3.31. The van der Waals surface area contributed by atoms with Crippen molar-refractivity contribution in [1.29, 1.82) is 0 Å². The van der Waals surface area contributed by atoms with E-state index < -0.39 is 18.1 Å². The summed E-state index contributed by atoms with van der Waals surface area (Å²) in [5.41, 5.74) is 0.878. The molecule has 28 heavy (non-hydrogen) atoms. The molecule has 0 radical (unpaired) electrons. The van der Waals surface area contributed by atoms with Gasteiger partial charge < -0.3 is 19.5 Å². The molecular weight excluding hydrogens is 366 g/mol. The van der Waals surface area contributed by atoms with Crippen LogP contribution in [0, 0.1) is 6.92 Å². The first-order valence-electron chi connectivity index (χ1n) is 8.93. The summed E-state index contributed by atoms with van der Waals surface area (Å²) >= 11 is 0. The van der Waals surface area contributed by atoms with Crippen molar-refractivity contribution in [1.82, 2.24) is 25.1 Å². The largest absolute Gasteiger partial charge is 0.497 e. The van der Waals surface area contributed by atoms with Crippen molar-refractivity contribution >= 4 is 11.9 Å². The molecule has 3 rings (SSSR count). The van der Waals surface area contributed by atoms with Gasteiger partial charge in [0, 0.05) is 13.0 Å². The number of carboxylic acid groups (broad SMARTS) is 1. The standard InChI is InChI=1S/C18H23N5O5/c1-11-9-22(10-16(28-11)18(25)26)17(24)15(23-12(2)19-20-21-23)8-13-5-4-6-14(7-13)27-3/h4-7,11,15-16H,8-10H2,1-3H3,(H,25,26)/t11-,15?,16?/m1/s1. The summed E-state index contributed by atoms with van der Waals surface area (Å²) in [6.07, 6.45) is -1.10. The van der Waals surface area contributed by atoms with Gasteiger partial charge in [0.2, 0.25) is 5.91 Å². The van der Waals surface area contributed by atoms with Gasteiger partial charge in [-0.25, -0.2) is 9.48 Å². The van der Waals surface area contributed by atoms with Crippen LogP contribution in [-0.2, 0) is 20.7 Å². The van der Waals surface area contributed by atoms with E-state index in [-0.39, 0.29) is 18.6 Å². The van der Waals surface area contributed by atoms with E-state index in [1.54, 1.807) is 21.0 Å². The lowest BCUT2D eigenvalue weighted by atomic mass is 10.0. The Bertz CT molecular complexity index is 854. The highest BCUT2D eigenvalue weighted by atomic mass is 16.5. The number of aliphatic carboxylic acids is 1. The van der Waals surface area contributed by atoms with Crippen LogP contribution in [0.15, 0.2) is 24.3 Å². The van der Waals surface area contributed by atoms with Crippen LogP contribution in [0.5, 0.6) is 5.75 Å². The van der Waals surface area contributed by atoms with Gasteiger partial charge in [-0.3, -0.25) is 4.79 Å². The van der Waals surface area contributed by atoms with Crippen LogP contribution in [0.25, 0.3) is 0 Å². The maximum atomic E-state index is 13.4. The molecule has 2 heterocycles. The van der Waals surface area contributed by atoms with Gasteiger partial charge in [-0.05, 0) is 42.0 Å². The highest BCUT2D eigenvalue weighted by Gasteiger charge is 2.36. The summed E-state index contributed by atoms with van der Waals surface area (Å²) < 4.78 is 12.1. The summed E-state index contributed by atoms with van der Waals surface area (Å²) in [6.45, 7) is 3.75. The molecule has 2 aromatic rings. The normalized spacial score (nSPS) is 20.6. The van der Waals surface area contributed by atoms with Crippen LogP contribution in [0.3, 0.4) is 0 Å². The van der Waals surface area contributed by atoms with Gasteiger partial charge in [-0.2, -0.15) is 0 Å². The Hall–Kier alpha value is -3.01. The molecule has 1 N–H and O–H groups in total. The third-order valence-electron chi connectivity index (χ3n) is 4.65. The molecule has 10 heteroatoms. The average molecular weight is 389 g/mol. The minimum Gasteiger partial charge on any atom is -0.497 e. The third kappa shape index (κ3) is 4.28. The molecule has 2 unspecified atom stereocenters. The molecule has 150 valence electrons. The van der Waals surface area contributed by atoms with Crippen LogP contribution < -0.4 is 4.74 Å². The van der Waals surface area contributed by atoms with Gasteiger partial charge in [0.15, 0.2) is 6.10 Å². The molecule has 1 aliphatic rings. The van der Waals surface area contributed by atoms with E-state index in [1.807, 2.05) is 24.3 Å². The number of ether oxygens (including phenoxy) is 2. The van der Waals surface area contributed by atoms with Crippen LogP contribution >= 0.6 is 0 Å². The van der Waals surface area contributed by atoms with E-state index in [9.17, 15) is 14.7 Å². The van der Waals surface area contributed by atoms with Crippen LogP contribution in [0.2, 0.25) is 0 Å². The van der Waals surface area contributed by atoms with Gasteiger partial charge in [0.05, 0.1) is 19.8 Å². The number of hydrogen-bond donors (Lipinski definition) is 1. The Morgan fingerprint density at radius 3 is 2.82 bits per heavy atom. The van der Waals surface area contributed by atoms with Crippen molar-refractivity contribution in [2.24, 2.45) is 0 Å². The molecule has 1 aliphatic heterocycles. The Labute approximate surface area is 162 Å². The minimum absolute atomic E-state index is 0.0196. The number of morpholine rings is 1. The van der Waals surface area contributed by atoms with E-state index >= 15 is 0 Å². The first-order valence-corrected chi connectivity index (χ1v) is 8.93. The Morgan fingerprint density at radius 2 is 2.18 bits per heavy atom. The number of rotatable bonds is 6. The zero-order chi connectivity index (χ0) is 20.3. The van der Waals surface area contributed by atoms with Crippen molar-refractivity contribution < 1.29 is 24.2 Å². The molecule has 1 fully saturated rings. The van der Waals surface area contributed by atoms with E-state index in [0.717, 1.165) is 5.56 Å². The number of hydrogen-bond acceptors (Lipinski definition) is 7. The number of benzene rings is 1. The molecule has 0 aliphatic carbocycles. The summed E-state index contributed by atoms with van der Waals surface area (Å²) in [7, 11) is 1.58. The van der Waals surface area contributed by atoms with Crippen LogP contribution in [0.1, 0.15) is 24.4 Å². The molecule has 1 aromatic carbocycles. The first-order chi connectivity index (χ1) is 13.4. The smallest absolute Gasteiger partial charge is 0.334 e. The Balaban J connectivity index is 1.89. The number of tetrazole rings is 1. The van der Waals surface area contributed by atoms with Crippen LogP contribution in [0.4, 0.5) is 0 Å². The summed E-state index contributed by atoms with van der Waals surface area (Å²) in [6, 6.07) is 6.71. The maximum Gasteiger partial charge on any atom is 0.334 e. The van der Waals surface area contributed by atoms with E-state index in [4.69, 9.17) is 9.47 Å². The van der Waals surface area contributed by atoms with Crippen molar-refractivity contribution in [2.45, 2.75) is 38.5 Å². The Morgan fingerprint density at radius 1 is 1.39 bits per heavy atom. The van der Waals surface area contributed by atoms with Crippen molar-refractivity contribution in [3.05, 3.63) is 35.7 Å². The Kier molecular flexibility index (Phi) is 5.88. The quantitative estimate of drug-likeness (QED) is 0.757. The number of carbonyl (C=O) groups is 2. The number of aryl methyl sites for hydroxylation is 1. The minimum atomic E-state index is -1.09. The van der Waals surface area contributed by atoms with Gasteiger partial charge in [-0.15, -0.1) is 5.10 Å². The van der Waals surface area contributed by atoms with Gasteiger partial charge in [0.1, 0.15) is 17.6 Å². The van der Waals surface area contributed by atoms with Gasteiger partial charge in [-0.1, -0.05) is 12.1 Å². The summed E-state index contributed by atoms with van der Waals surface area (Å²) in [4.78, 5) is 26.2. The lowest BCUT2D eigenvalue weighted by molar-refractivity contribution is -0.167. The number of aromatic nitrogens is 4. The maximum absolute atomic E-state index is 13.4. The highest BCUT2D eigenvalue weighted by molar-refractivity contribution is 5.82. The zero-order valence-corrected chi connectivity index (χ0v) is 16.0.